The largest absolute Gasteiger partial charge is 0.491 e. The molecule has 1 fully saturated rings. The van der Waals surface area contributed by atoms with Gasteiger partial charge in [-0.05, 0) is 69.5 Å². The molecule has 0 unspecified atom stereocenters. The first-order valence-electron chi connectivity index (χ1n) is 13.4. The van der Waals surface area contributed by atoms with Gasteiger partial charge in [-0.3, -0.25) is 14.5 Å². The third kappa shape index (κ3) is 7.07. The highest BCUT2D eigenvalue weighted by Crippen LogP contribution is 2.38. The smallest absolute Gasteiger partial charge is 0.416 e. The van der Waals surface area contributed by atoms with Crippen LogP contribution in [0.2, 0.25) is 0 Å². The van der Waals surface area contributed by atoms with E-state index in [0.29, 0.717) is 55.9 Å². The van der Waals surface area contributed by atoms with Crippen molar-refractivity contribution in [3.05, 3.63) is 65.2 Å². The number of nitrogens with one attached hydrogen (secondary N) is 2. The van der Waals surface area contributed by atoms with Crippen LogP contribution in [0.25, 0.3) is 0 Å². The first-order valence-corrected chi connectivity index (χ1v) is 13.4. The van der Waals surface area contributed by atoms with E-state index in [4.69, 9.17) is 4.74 Å². The maximum atomic E-state index is 13.6. The monoisotopic (exact) mass is 531 g/mol. The molecule has 2 amide bonds. The molecule has 2 aliphatic rings. The zero-order valence-corrected chi connectivity index (χ0v) is 21.8. The number of carbonyl (C=O) groups is 2. The Morgan fingerprint density at radius 2 is 1.76 bits per heavy atom. The molecule has 0 aromatic heterocycles. The number of likely N-dealkylation sites (tertiary alicyclic amines) is 1. The predicted molar refractivity (Wildman–Crippen MR) is 139 cm³/mol. The Morgan fingerprint density at radius 1 is 1.00 bits per heavy atom. The number of hydrogen-bond donors (Lipinski definition) is 2. The van der Waals surface area contributed by atoms with Crippen molar-refractivity contribution in [3.8, 4) is 5.75 Å². The number of alkyl halides is 3. The molecular weight excluding hydrogens is 495 g/mol. The fourth-order valence-electron chi connectivity index (χ4n) is 5.31. The molecule has 1 spiro atoms. The molecule has 0 radical (unpaired) electrons. The molecule has 0 saturated carbocycles. The van der Waals surface area contributed by atoms with Crippen molar-refractivity contribution < 1.29 is 27.5 Å². The van der Waals surface area contributed by atoms with Crippen molar-refractivity contribution in [3.63, 3.8) is 0 Å². The average molecular weight is 532 g/mol. The summed E-state index contributed by atoms with van der Waals surface area (Å²) in [7, 11) is 0. The maximum absolute atomic E-state index is 13.6. The van der Waals surface area contributed by atoms with Crippen molar-refractivity contribution in [2.75, 3.05) is 26.2 Å². The van der Waals surface area contributed by atoms with Gasteiger partial charge in [0.2, 0.25) is 5.91 Å². The molecule has 1 atom stereocenters. The average Bonchev–Trinajstić information content (AvgIpc) is 2.90. The lowest BCUT2D eigenvalue weighted by atomic mass is 9.73. The van der Waals surface area contributed by atoms with Crippen LogP contribution in [0.3, 0.4) is 0 Å². The lowest BCUT2D eigenvalue weighted by molar-refractivity contribution is -0.138. The molecule has 2 heterocycles. The number of carbonyl (C=O) groups excluding carboxylic acids is 2. The Labute approximate surface area is 221 Å². The van der Waals surface area contributed by atoms with E-state index in [-0.39, 0.29) is 24.5 Å². The number of ether oxygens (including phenoxy) is 1. The lowest BCUT2D eigenvalue weighted by Gasteiger charge is -2.41. The number of amides is 2. The van der Waals surface area contributed by atoms with E-state index in [2.05, 4.69) is 15.5 Å². The molecule has 6 nitrogen and oxygen atoms in total. The third-order valence-corrected chi connectivity index (χ3v) is 7.57. The van der Waals surface area contributed by atoms with Gasteiger partial charge >= 0.3 is 6.18 Å². The molecule has 1 saturated heterocycles. The lowest BCUT2D eigenvalue weighted by Crippen LogP contribution is -2.51. The summed E-state index contributed by atoms with van der Waals surface area (Å²) in [6, 6.07) is 12.3. The van der Waals surface area contributed by atoms with Crippen molar-refractivity contribution in [1.82, 2.24) is 15.5 Å². The fourth-order valence-corrected chi connectivity index (χ4v) is 5.31. The van der Waals surface area contributed by atoms with Crippen molar-refractivity contribution >= 4 is 11.8 Å². The molecule has 38 heavy (non-hydrogen) atoms. The van der Waals surface area contributed by atoms with Gasteiger partial charge in [-0.15, -0.1) is 0 Å². The van der Waals surface area contributed by atoms with Crippen LogP contribution in [0, 0.1) is 5.41 Å². The third-order valence-electron chi connectivity index (χ3n) is 7.57. The van der Waals surface area contributed by atoms with Gasteiger partial charge in [0.1, 0.15) is 12.4 Å². The molecule has 206 valence electrons. The molecule has 9 heteroatoms. The Hall–Kier alpha value is -3.07. The van der Waals surface area contributed by atoms with Crippen LogP contribution in [0.1, 0.15) is 66.9 Å². The second kappa shape index (κ2) is 12.2. The fraction of sp³-hybridized carbons (Fsp3) is 0.517. The first kappa shape index (κ1) is 28.0. The summed E-state index contributed by atoms with van der Waals surface area (Å²) in [6.45, 7) is 4.36. The van der Waals surface area contributed by atoms with Crippen LogP contribution >= 0.6 is 0 Å². The number of piperidine rings is 1. The summed E-state index contributed by atoms with van der Waals surface area (Å²) in [6.07, 6.45) is 0.212. The molecule has 2 N–H and O–H groups in total. The second-order valence-electron chi connectivity index (χ2n) is 10.5. The van der Waals surface area contributed by atoms with E-state index < -0.39 is 17.2 Å². The number of halogens is 3. The van der Waals surface area contributed by atoms with E-state index >= 15 is 0 Å². The number of para-hydroxylation sites is 1. The van der Waals surface area contributed by atoms with Gasteiger partial charge in [-0.25, -0.2) is 0 Å². The molecule has 0 bridgehead atoms. The predicted octanol–water partition coefficient (Wildman–Crippen LogP) is 5.18. The summed E-state index contributed by atoms with van der Waals surface area (Å²) in [5.41, 5.74) is -0.0690. The van der Waals surface area contributed by atoms with E-state index in [9.17, 15) is 22.8 Å². The molecule has 0 aliphatic carbocycles. The minimum absolute atomic E-state index is 0.00433. The summed E-state index contributed by atoms with van der Waals surface area (Å²) >= 11 is 0. The minimum atomic E-state index is -4.37. The van der Waals surface area contributed by atoms with Crippen LogP contribution in [-0.4, -0.2) is 49.0 Å². The minimum Gasteiger partial charge on any atom is -0.491 e. The van der Waals surface area contributed by atoms with Gasteiger partial charge in [0.05, 0.1) is 22.6 Å². The second-order valence-corrected chi connectivity index (χ2v) is 10.5. The van der Waals surface area contributed by atoms with Crippen LogP contribution in [0.5, 0.6) is 5.75 Å². The van der Waals surface area contributed by atoms with E-state index in [1.165, 1.54) is 12.1 Å². The summed E-state index contributed by atoms with van der Waals surface area (Å²) in [5, 5.41) is 6.10. The molecule has 2 aromatic rings. The van der Waals surface area contributed by atoms with Gasteiger partial charge < -0.3 is 15.4 Å². The van der Waals surface area contributed by atoms with Crippen LogP contribution in [-0.2, 0) is 17.5 Å². The van der Waals surface area contributed by atoms with Crippen LogP contribution < -0.4 is 15.4 Å². The van der Waals surface area contributed by atoms with Gasteiger partial charge in [0.15, 0.2) is 0 Å². The SMILES string of the molecule is C[C@H]1COc2ccccc2C(=O)NCCCCCC2(CCN(Cc3cccc(C(F)(F)F)c3)CC2)C(=O)N1. The zero-order chi connectivity index (χ0) is 27.2. The Balaban J connectivity index is 1.42. The Bertz CT molecular complexity index is 1110. The number of fused-ring (bicyclic) bond motifs is 1. The summed E-state index contributed by atoms with van der Waals surface area (Å²) < 4.78 is 45.3. The highest BCUT2D eigenvalue weighted by molar-refractivity contribution is 5.96. The Morgan fingerprint density at radius 3 is 2.53 bits per heavy atom. The zero-order valence-electron chi connectivity index (χ0n) is 21.8. The van der Waals surface area contributed by atoms with E-state index in [1.807, 2.05) is 13.0 Å². The number of benzene rings is 2. The van der Waals surface area contributed by atoms with Crippen LogP contribution in [0.15, 0.2) is 48.5 Å². The first-order chi connectivity index (χ1) is 18.2. The number of nitrogens with zero attached hydrogens (tertiary/aromatic N) is 1. The molecular formula is C29H36F3N3O3. The summed E-state index contributed by atoms with van der Waals surface area (Å²) in [4.78, 5) is 28.3. The topological polar surface area (TPSA) is 70.7 Å². The van der Waals surface area contributed by atoms with Gasteiger partial charge in [-0.1, -0.05) is 43.2 Å². The standard InChI is InChI=1S/C29H36F3N3O3/c1-21-20-38-25-11-4-3-10-24(25)26(36)33-15-6-2-5-12-28(27(37)34-21)13-16-35(17-14-28)19-22-8-7-9-23(18-22)29(30,31)32/h3-4,7-11,18,21H,2,5-6,12-17,19-20H2,1H3,(H,33,36)(H,34,37)/t21-/m0/s1. The molecule has 4 rings (SSSR count). The molecule has 2 aromatic carbocycles. The highest BCUT2D eigenvalue weighted by Gasteiger charge is 2.41. The number of hydrogen-bond acceptors (Lipinski definition) is 4. The maximum Gasteiger partial charge on any atom is 0.416 e. The Kier molecular flexibility index (Phi) is 8.97. The quantitative estimate of drug-likeness (QED) is 0.561. The summed E-state index contributed by atoms with van der Waals surface area (Å²) in [5.74, 6) is 0.319. The highest BCUT2D eigenvalue weighted by atomic mass is 19.4. The van der Waals surface area contributed by atoms with E-state index in [0.717, 1.165) is 31.7 Å². The van der Waals surface area contributed by atoms with Crippen molar-refractivity contribution in [2.45, 2.75) is 64.2 Å². The van der Waals surface area contributed by atoms with Crippen molar-refractivity contribution in [2.24, 2.45) is 5.41 Å². The van der Waals surface area contributed by atoms with Gasteiger partial charge in [-0.2, -0.15) is 13.2 Å². The van der Waals surface area contributed by atoms with Gasteiger partial charge in [0, 0.05) is 13.1 Å². The normalized spacial score (nSPS) is 21.8. The van der Waals surface area contributed by atoms with Crippen LogP contribution in [0.4, 0.5) is 13.2 Å². The van der Waals surface area contributed by atoms with E-state index in [1.54, 1.807) is 24.3 Å². The van der Waals surface area contributed by atoms with Crippen molar-refractivity contribution in [1.29, 1.82) is 0 Å². The molecule has 2 aliphatic heterocycles. The van der Waals surface area contributed by atoms with Gasteiger partial charge in [0.25, 0.3) is 5.91 Å². The number of rotatable bonds is 2.